The van der Waals surface area contributed by atoms with Crippen molar-refractivity contribution >= 4 is 17.8 Å². The molecule has 3 rings (SSSR count). The molecule has 0 atom stereocenters. The molecule has 0 bridgehead atoms. The normalized spacial score (nSPS) is 17.3. The zero-order valence-electron chi connectivity index (χ0n) is 17.9. The van der Waals surface area contributed by atoms with Crippen LogP contribution in [0.2, 0.25) is 0 Å². The van der Waals surface area contributed by atoms with E-state index < -0.39 is 11.9 Å². The zero-order valence-corrected chi connectivity index (χ0v) is 17.9. The lowest BCUT2D eigenvalue weighted by atomic mass is 9.94. The Bertz CT molecular complexity index is 744. The minimum atomic E-state index is -1.82. The molecule has 31 heavy (non-hydrogen) atoms. The molecular weight excluding hydrogens is 408 g/mol. The van der Waals surface area contributed by atoms with Gasteiger partial charge in [-0.3, -0.25) is 9.69 Å². The van der Waals surface area contributed by atoms with Gasteiger partial charge in [-0.05, 0) is 32.0 Å². The number of aliphatic carboxylic acids is 2. The fourth-order valence-electron chi connectivity index (χ4n) is 3.70. The molecule has 2 saturated heterocycles. The van der Waals surface area contributed by atoms with Gasteiger partial charge in [0.2, 0.25) is 5.91 Å². The third-order valence-corrected chi connectivity index (χ3v) is 5.32. The van der Waals surface area contributed by atoms with Gasteiger partial charge >= 0.3 is 11.9 Å². The van der Waals surface area contributed by atoms with Crippen LogP contribution in [0.25, 0.3) is 0 Å². The summed E-state index contributed by atoms with van der Waals surface area (Å²) in [6.07, 6.45) is 1.84. The number of morpholine rings is 1. The first kappa shape index (κ1) is 24.4. The highest BCUT2D eigenvalue weighted by molar-refractivity contribution is 6.27. The second-order valence-corrected chi connectivity index (χ2v) is 7.25. The Labute approximate surface area is 181 Å². The van der Waals surface area contributed by atoms with Gasteiger partial charge in [-0.1, -0.05) is 12.1 Å². The molecule has 0 spiro atoms. The van der Waals surface area contributed by atoms with Crippen molar-refractivity contribution in [3.05, 3.63) is 23.8 Å². The summed E-state index contributed by atoms with van der Waals surface area (Å²) in [6, 6.07) is 5.98. The summed E-state index contributed by atoms with van der Waals surface area (Å²) in [7, 11) is 3.33. The number of para-hydroxylation sites is 1. The van der Waals surface area contributed by atoms with Crippen LogP contribution in [0.4, 0.5) is 0 Å². The quantitative estimate of drug-likeness (QED) is 0.646. The zero-order chi connectivity index (χ0) is 22.8. The number of piperidine rings is 1. The van der Waals surface area contributed by atoms with E-state index in [1.807, 2.05) is 17.0 Å². The number of likely N-dealkylation sites (tertiary alicyclic amines) is 1. The average molecular weight is 438 g/mol. The predicted molar refractivity (Wildman–Crippen MR) is 110 cm³/mol. The van der Waals surface area contributed by atoms with Crippen LogP contribution in [0.15, 0.2) is 18.2 Å². The van der Waals surface area contributed by atoms with E-state index in [2.05, 4.69) is 11.0 Å². The summed E-state index contributed by atoms with van der Waals surface area (Å²) in [6.45, 7) is 5.49. The lowest BCUT2D eigenvalue weighted by Gasteiger charge is -2.35. The molecule has 2 aliphatic heterocycles. The van der Waals surface area contributed by atoms with E-state index >= 15 is 0 Å². The predicted octanol–water partition coefficient (Wildman–Crippen LogP) is 0.930. The molecule has 2 fully saturated rings. The van der Waals surface area contributed by atoms with Crippen molar-refractivity contribution < 1.29 is 38.8 Å². The highest BCUT2D eigenvalue weighted by Gasteiger charge is 2.29. The van der Waals surface area contributed by atoms with Crippen LogP contribution in [-0.4, -0.2) is 91.5 Å². The van der Waals surface area contributed by atoms with Crippen LogP contribution >= 0.6 is 0 Å². The number of carbonyl (C=O) groups excluding carboxylic acids is 1. The molecule has 0 aromatic heterocycles. The van der Waals surface area contributed by atoms with Gasteiger partial charge in [-0.25, -0.2) is 9.59 Å². The molecule has 1 amide bonds. The van der Waals surface area contributed by atoms with Crippen LogP contribution in [0.5, 0.6) is 11.5 Å². The standard InChI is InChI=1S/C19H28N2O4.C2H2O4/c1-23-17-5-3-4-16(18(17)24-2)14-20-8-6-15(7-9-20)19(22)21-10-12-25-13-11-21;3-1(4)2(5)6/h3-5,15H,6-14H2,1-2H3;(H,3,4)(H,5,6). The topological polar surface area (TPSA) is 126 Å². The molecule has 10 heteroatoms. The lowest BCUT2D eigenvalue weighted by Crippen LogP contribution is -2.46. The lowest BCUT2D eigenvalue weighted by molar-refractivity contribution is -0.159. The highest BCUT2D eigenvalue weighted by Crippen LogP contribution is 2.32. The first-order valence-electron chi connectivity index (χ1n) is 10.1. The minimum Gasteiger partial charge on any atom is -0.493 e. The van der Waals surface area contributed by atoms with E-state index in [1.165, 1.54) is 0 Å². The highest BCUT2D eigenvalue weighted by atomic mass is 16.5. The van der Waals surface area contributed by atoms with Crippen molar-refractivity contribution in [1.82, 2.24) is 9.80 Å². The Hall–Kier alpha value is -2.85. The maximum atomic E-state index is 12.6. The summed E-state index contributed by atoms with van der Waals surface area (Å²) in [5, 5.41) is 14.8. The Morgan fingerprint density at radius 2 is 1.61 bits per heavy atom. The number of benzene rings is 1. The van der Waals surface area contributed by atoms with Gasteiger partial charge in [0.05, 0.1) is 27.4 Å². The molecule has 1 aromatic rings. The number of carboxylic acid groups (broad SMARTS) is 2. The van der Waals surface area contributed by atoms with Crippen LogP contribution in [0.3, 0.4) is 0 Å². The second-order valence-electron chi connectivity index (χ2n) is 7.25. The Morgan fingerprint density at radius 3 is 2.13 bits per heavy atom. The van der Waals surface area contributed by atoms with Crippen molar-refractivity contribution in [3.8, 4) is 11.5 Å². The molecule has 2 N–H and O–H groups in total. The van der Waals surface area contributed by atoms with Crippen LogP contribution in [0.1, 0.15) is 18.4 Å². The first-order chi connectivity index (χ1) is 14.9. The van der Waals surface area contributed by atoms with E-state index in [1.54, 1.807) is 14.2 Å². The maximum Gasteiger partial charge on any atom is 0.414 e. The second kappa shape index (κ2) is 12.1. The number of hydrogen-bond acceptors (Lipinski definition) is 7. The van der Waals surface area contributed by atoms with E-state index in [-0.39, 0.29) is 5.92 Å². The number of amides is 1. The van der Waals surface area contributed by atoms with Crippen molar-refractivity contribution in [2.45, 2.75) is 19.4 Å². The molecular formula is C21H30N2O8. The van der Waals surface area contributed by atoms with Crippen molar-refractivity contribution in [2.75, 3.05) is 53.6 Å². The van der Waals surface area contributed by atoms with Gasteiger partial charge in [0.1, 0.15) is 0 Å². The molecule has 10 nitrogen and oxygen atoms in total. The monoisotopic (exact) mass is 438 g/mol. The Kier molecular flexibility index (Phi) is 9.54. The minimum absolute atomic E-state index is 0.154. The average Bonchev–Trinajstić information content (AvgIpc) is 2.79. The van der Waals surface area contributed by atoms with Crippen molar-refractivity contribution in [2.24, 2.45) is 5.92 Å². The number of carbonyl (C=O) groups is 3. The molecule has 0 radical (unpaired) electrons. The van der Waals surface area contributed by atoms with E-state index in [4.69, 9.17) is 34.0 Å². The van der Waals surface area contributed by atoms with Gasteiger partial charge in [0.25, 0.3) is 0 Å². The largest absolute Gasteiger partial charge is 0.493 e. The van der Waals surface area contributed by atoms with E-state index in [0.717, 1.165) is 62.6 Å². The SMILES string of the molecule is COc1cccc(CN2CCC(C(=O)N3CCOCC3)CC2)c1OC.O=C(O)C(=O)O. The van der Waals surface area contributed by atoms with Gasteiger partial charge in [0.15, 0.2) is 11.5 Å². The third-order valence-electron chi connectivity index (χ3n) is 5.32. The summed E-state index contributed by atoms with van der Waals surface area (Å²) in [4.78, 5) is 35.2. The number of rotatable bonds is 5. The molecule has 0 saturated carbocycles. The van der Waals surface area contributed by atoms with Gasteiger partial charge in [0, 0.05) is 31.1 Å². The first-order valence-corrected chi connectivity index (χ1v) is 10.1. The third kappa shape index (κ3) is 7.11. The van der Waals surface area contributed by atoms with Gasteiger partial charge < -0.3 is 29.3 Å². The molecule has 172 valence electrons. The fourth-order valence-corrected chi connectivity index (χ4v) is 3.70. The number of ether oxygens (including phenoxy) is 3. The van der Waals surface area contributed by atoms with E-state index in [0.29, 0.717) is 19.1 Å². The summed E-state index contributed by atoms with van der Waals surface area (Å²) < 4.78 is 16.2. The Morgan fingerprint density at radius 1 is 1.00 bits per heavy atom. The number of carboxylic acids is 2. The van der Waals surface area contributed by atoms with Crippen LogP contribution < -0.4 is 9.47 Å². The van der Waals surface area contributed by atoms with E-state index in [9.17, 15) is 4.79 Å². The van der Waals surface area contributed by atoms with Crippen LogP contribution in [0, 0.1) is 5.92 Å². The number of nitrogens with zero attached hydrogens (tertiary/aromatic N) is 2. The summed E-state index contributed by atoms with van der Waals surface area (Å²) in [5.74, 6) is -1.62. The smallest absolute Gasteiger partial charge is 0.414 e. The summed E-state index contributed by atoms with van der Waals surface area (Å²) >= 11 is 0. The molecule has 2 heterocycles. The van der Waals surface area contributed by atoms with Crippen molar-refractivity contribution in [3.63, 3.8) is 0 Å². The molecule has 2 aliphatic rings. The molecule has 0 unspecified atom stereocenters. The molecule has 0 aliphatic carbocycles. The van der Waals surface area contributed by atoms with Crippen molar-refractivity contribution in [1.29, 1.82) is 0 Å². The fraction of sp³-hybridized carbons (Fsp3) is 0.571. The number of hydrogen-bond donors (Lipinski definition) is 2. The maximum absolute atomic E-state index is 12.6. The van der Waals surface area contributed by atoms with Gasteiger partial charge in [-0.2, -0.15) is 0 Å². The summed E-state index contributed by atoms with van der Waals surface area (Å²) in [5.41, 5.74) is 1.12. The Balaban J connectivity index is 0.000000501. The number of methoxy groups -OCH3 is 2. The van der Waals surface area contributed by atoms with Gasteiger partial charge in [-0.15, -0.1) is 0 Å². The van der Waals surface area contributed by atoms with Crippen LogP contribution in [-0.2, 0) is 25.7 Å². The molecule has 1 aromatic carbocycles.